The predicted molar refractivity (Wildman–Crippen MR) is 119 cm³/mol. The number of anilines is 3. The topological polar surface area (TPSA) is 76.1 Å². The minimum absolute atomic E-state index is 0.0668. The third-order valence-corrected chi connectivity index (χ3v) is 4.86. The van der Waals surface area contributed by atoms with Gasteiger partial charge >= 0.3 is 0 Å². The molecule has 0 aliphatic carbocycles. The van der Waals surface area contributed by atoms with Gasteiger partial charge in [0.1, 0.15) is 17.9 Å². The van der Waals surface area contributed by atoms with Crippen molar-refractivity contribution in [3.05, 3.63) is 84.2 Å². The number of fused-ring (bicyclic) bond motifs is 1. The molecule has 0 saturated heterocycles. The first-order valence-electron chi connectivity index (χ1n) is 9.62. The second-order valence-corrected chi connectivity index (χ2v) is 6.96. The summed E-state index contributed by atoms with van der Waals surface area (Å²) < 4.78 is 5.28. The molecule has 6 heteroatoms. The van der Waals surface area contributed by atoms with E-state index in [1.165, 1.54) is 6.33 Å². The number of benzene rings is 3. The van der Waals surface area contributed by atoms with Crippen LogP contribution < -0.4 is 15.4 Å². The van der Waals surface area contributed by atoms with Crippen molar-refractivity contribution in [1.82, 2.24) is 9.97 Å². The number of aromatic nitrogens is 2. The van der Waals surface area contributed by atoms with Crippen LogP contribution in [0.1, 0.15) is 11.1 Å². The van der Waals surface area contributed by atoms with Crippen molar-refractivity contribution in [2.45, 2.75) is 13.3 Å². The highest BCUT2D eigenvalue weighted by Gasteiger charge is 2.09. The van der Waals surface area contributed by atoms with Crippen LogP contribution in [0.4, 0.5) is 17.2 Å². The van der Waals surface area contributed by atoms with Crippen molar-refractivity contribution < 1.29 is 9.53 Å². The van der Waals surface area contributed by atoms with Crippen molar-refractivity contribution in [3.8, 4) is 5.75 Å². The molecule has 0 aliphatic heterocycles. The number of carbonyl (C=O) groups excluding carboxylic acids is 1. The van der Waals surface area contributed by atoms with Crippen LogP contribution in [0, 0.1) is 6.92 Å². The Bertz CT molecular complexity index is 1210. The van der Waals surface area contributed by atoms with Gasteiger partial charge in [0.2, 0.25) is 5.91 Å². The molecular weight excluding hydrogens is 376 g/mol. The minimum atomic E-state index is -0.0668. The second kappa shape index (κ2) is 8.61. The highest BCUT2D eigenvalue weighted by atomic mass is 16.5. The van der Waals surface area contributed by atoms with Gasteiger partial charge < -0.3 is 15.4 Å². The quantitative estimate of drug-likeness (QED) is 0.484. The number of rotatable bonds is 6. The van der Waals surface area contributed by atoms with E-state index in [9.17, 15) is 4.79 Å². The monoisotopic (exact) mass is 398 g/mol. The third-order valence-electron chi connectivity index (χ3n) is 4.86. The summed E-state index contributed by atoms with van der Waals surface area (Å²) in [5.41, 5.74) is 4.45. The summed E-state index contributed by atoms with van der Waals surface area (Å²) in [6, 6.07) is 21.1. The molecule has 0 saturated carbocycles. The van der Waals surface area contributed by atoms with E-state index in [-0.39, 0.29) is 5.91 Å². The Kier molecular flexibility index (Phi) is 5.57. The first kappa shape index (κ1) is 19.4. The molecule has 0 spiro atoms. The van der Waals surface area contributed by atoms with E-state index in [2.05, 4.69) is 20.6 Å². The van der Waals surface area contributed by atoms with Crippen molar-refractivity contribution in [1.29, 1.82) is 0 Å². The summed E-state index contributed by atoms with van der Waals surface area (Å²) >= 11 is 0. The lowest BCUT2D eigenvalue weighted by Crippen LogP contribution is -2.15. The molecule has 0 unspecified atom stereocenters. The van der Waals surface area contributed by atoms with Gasteiger partial charge in [-0.1, -0.05) is 30.3 Å². The van der Waals surface area contributed by atoms with E-state index in [1.54, 1.807) is 7.11 Å². The smallest absolute Gasteiger partial charge is 0.228 e. The molecule has 0 radical (unpaired) electrons. The van der Waals surface area contributed by atoms with Gasteiger partial charge in [0, 0.05) is 22.8 Å². The number of nitrogens with zero attached hydrogens (tertiary/aromatic N) is 2. The predicted octanol–water partition coefficient (Wildman–Crippen LogP) is 4.87. The standard InChI is InChI=1S/C24H22N4O2/c1-16-6-3-4-7-17(16)12-23(29)27-19-10-11-22-21(14-19)24(26-15-25-22)28-18-8-5-9-20(13-18)30-2/h3-11,13-15H,12H2,1-2H3,(H,27,29)(H,25,26,28). The van der Waals surface area contributed by atoms with Gasteiger partial charge in [0.25, 0.3) is 0 Å². The Morgan fingerprint density at radius 1 is 0.967 bits per heavy atom. The zero-order chi connectivity index (χ0) is 20.9. The van der Waals surface area contributed by atoms with Gasteiger partial charge in [-0.25, -0.2) is 9.97 Å². The molecule has 1 amide bonds. The van der Waals surface area contributed by atoms with Crippen LogP contribution in [0.3, 0.4) is 0 Å². The third kappa shape index (κ3) is 4.38. The number of hydrogen-bond donors (Lipinski definition) is 2. The number of methoxy groups -OCH3 is 1. The van der Waals surface area contributed by atoms with Gasteiger partial charge in [-0.15, -0.1) is 0 Å². The van der Waals surface area contributed by atoms with Crippen LogP contribution in [0.5, 0.6) is 5.75 Å². The van der Waals surface area contributed by atoms with E-state index in [0.717, 1.165) is 33.5 Å². The molecular formula is C24H22N4O2. The average Bonchev–Trinajstić information content (AvgIpc) is 2.76. The number of amides is 1. The molecule has 1 heterocycles. The summed E-state index contributed by atoms with van der Waals surface area (Å²) in [6.07, 6.45) is 1.84. The van der Waals surface area contributed by atoms with Crippen LogP contribution in [0.15, 0.2) is 73.1 Å². The molecule has 4 rings (SSSR count). The molecule has 1 aromatic heterocycles. The molecule has 2 N–H and O–H groups in total. The summed E-state index contributed by atoms with van der Waals surface area (Å²) in [4.78, 5) is 21.3. The number of aryl methyl sites for hydroxylation is 1. The summed E-state index contributed by atoms with van der Waals surface area (Å²) in [7, 11) is 1.63. The van der Waals surface area contributed by atoms with Crippen LogP contribution in [0.2, 0.25) is 0 Å². The maximum absolute atomic E-state index is 12.5. The molecule has 150 valence electrons. The Labute approximate surface area is 175 Å². The summed E-state index contributed by atoms with van der Waals surface area (Å²) in [5, 5.41) is 7.10. The zero-order valence-electron chi connectivity index (χ0n) is 16.8. The molecule has 0 bridgehead atoms. The summed E-state index contributed by atoms with van der Waals surface area (Å²) in [6.45, 7) is 2.01. The highest BCUT2D eigenvalue weighted by Crippen LogP contribution is 2.27. The first-order chi connectivity index (χ1) is 14.6. The molecule has 4 aromatic rings. The molecule has 0 atom stereocenters. The van der Waals surface area contributed by atoms with Crippen molar-refractivity contribution in [2.24, 2.45) is 0 Å². The van der Waals surface area contributed by atoms with Crippen LogP contribution in [-0.4, -0.2) is 23.0 Å². The first-order valence-corrected chi connectivity index (χ1v) is 9.62. The van der Waals surface area contributed by atoms with Gasteiger partial charge in [-0.2, -0.15) is 0 Å². The van der Waals surface area contributed by atoms with Crippen LogP contribution in [-0.2, 0) is 11.2 Å². The fourth-order valence-electron chi connectivity index (χ4n) is 3.26. The summed E-state index contributed by atoms with van der Waals surface area (Å²) in [5.74, 6) is 1.34. The molecule has 6 nitrogen and oxygen atoms in total. The largest absolute Gasteiger partial charge is 0.497 e. The number of hydrogen-bond acceptors (Lipinski definition) is 5. The van der Waals surface area contributed by atoms with Gasteiger partial charge in [0.05, 0.1) is 19.0 Å². The maximum atomic E-state index is 12.5. The maximum Gasteiger partial charge on any atom is 0.228 e. The van der Waals surface area contributed by atoms with Gasteiger partial charge in [0.15, 0.2) is 0 Å². The average molecular weight is 398 g/mol. The lowest BCUT2D eigenvalue weighted by molar-refractivity contribution is -0.115. The lowest BCUT2D eigenvalue weighted by Gasteiger charge is -2.11. The Morgan fingerprint density at radius 3 is 2.67 bits per heavy atom. The molecule has 3 aromatic carbocycles. The number of carbonyl (C=O) groups is 1. The molecule has 0 aliphatic rings. The Morgan fingerprint density at radius 2 is 1.83 bits per heavy atom. The van der Waals surface area contributed by atoms with E-state index >= 15 is 0 Å². The van der Waals surface area contributed by atoms with E-state index in [1.807, 2.05) is 73.7 Å². The zero-order valence-corrected chi connectivity index (χ0v) is 16.8. The Hall–Kier alpha value is -3.93. The van der Waals surface area contributed by atoms with E-state index < -0.39 is 0 Å². The van der Waals surface area contributed by atoms with Crippen molar-refractivity contribution >= 4 is 34.0 Å². The van der Waals surface area contributed by atoms with E-state index in [0.29, 0.717) is 17.9 Å². The Balaban J connectivity index is 1.57. The minimum Gasteiger partial charge on any atom is -0.497 e. The van der Waals surface area contributed by atoms with E-state index in [4.69, 9.17) is 4.74 Å². The lowest BCUT2D eigenvalue weighted by atomic mass is 10.1. The van der Waals surface area contributed by atoms with Crippen LogP contribution in [0.25, 0.3) is 10.9 Å². The van der Waals surface area contributed by atoms with Crippen LogP contribution >= 0.6 is 0 Å². The van der Waals surface area contributed by atoms with Crippen molar-refractivity contribution in [2.75, 3.05) is 17.7 Å². The SMILES string of the molecule is COc1cccc(Nc2ncnc3ccc(NC(=O)Cc4ccccc4C)cc23)c1. The molecule has 0 fully saturated rings. The van der Waals surface area contributed by atoms with Gasteiger partial charge in [-0.05, 0) is 48.4 Å². The number of nitrogens with one attached hydrogen (secondary N) is 2. The fraction of sp³-hybridized carbons (Fsp3) is 0.125. The fourth-order valence-corrected chi connectivity index (χ4v) is 3.26. The number of ether oxygens (including phenoxy) is 1. The highest BCUT2D eigenvalue weighted by molar-refractivity contribution is 5.98. The van der Waals surface area contributed by atoms with Crippen molar-refractivity contribution in [3.63, 3.8) is 0 Å². The second-order valence-electron chi connectivity index (χ2n) is 6.96. The molecule has 30 heavy (non-hydrogen) atoms. The normalized spacial score (nSPS) is 10.6. The van der Waals surface area contributed by atoms with Gasteiger partial charge in [-0.3, -0.25) is 4.79 Å².